The largest absolute Gasteiger partial charge is 0.472 e. The average molecular weight is 988 g/mol. The molecule has 0 heterocycles. The summed E-state index contributed by atoms with van der Waals surface area (Å²) in [6.45, 7) is 3.64. The molecule has 2 atom stereocenters. The Balaban J connectivity index is 3.98. The van der Waals surface area contributed by atoms with Crippen LogP contribution < -0.4 is 5.73 Å². The van der Waals surface area contributed by atoms with Crippen molar-refractivity contribution in [3.63, 3.8) is 0 Å². The molecule has 69 heavy (non-hydrogen) atoms. The van der Waals surface area contributed by atoms with E-state index >= 15 is 0 Å². The third kappa shape index (κ3) is 54.6. The van der Waals surface area contributed by atoms with Gasteiger partial charge in [-0.2, -0.15) is 0 Å². The molecule has 0 aromatic rings. The van der Waals surface area contributed by atoms with Crippen LogP contribution in [0.1, 0.15) is 258 Å². The molecule has 400 valence electrons. The van der Waals surface area contributed by atoms with Crippen molar-refractivity contribution >= 4 is 19.8 Å². The van der Waals surface area contributed by atoms with Crippen LogP contribution in [0.5, 0.6) is 0 Å². The second-order valence-corrected chi connectivity index (χ2v) is 20.2. The highest BCUT2D eigenvalue weighted by Gasteiger charge is 2.26. The van der Waals surface area contributed by atoms with Crippen LogP contribution in [0.3, 0.4) is 0 Å². The molecule has 0 aliphatic rings. The zero-order valence-corrected chi connectivity index (χ0v) is 45.4. The van der Waals surface area contributed by atoms with Gasteiger partial charge in [-0.3, -0.25) is 18.6 Å². The van der Waals surface area contributed by atoms with E-state index in [4.69, 9.17) is 24.3 Å². The molecule has 3 N–H and O–H groups in total. The molecule has 0 fully saturated rings. The van der Waals surface area contributed by atoms with Crippen molar-refractivity contribution < 1.29 is 37.6 Å². The summed E-state index contributed by atoms with van der Waals surface area (Å²) >= 11 is 0. The SMILES string of the molecule is CC/C=C\C/C=C\C/C=C\C/C=C\CCCCCCCCCCCCCCCCC(=O)OC(COC(=O)CCCCCCCCCCC/C=C\C/C=C\CCCCCCC)COP(=O)(O)OCCN. The molecule has 0 aliphatic heterocycles. The molecular formula is C59H106NO8P. The van der Waals surface area contributed by atoms with E-state index in [1.165, 1.54) is 154 Å². The smallest absolute Gasteiger partial charge is 0.462 e. The van der Waals surface area contributed by atoms with Crippen molar-refractivity contribution in [2.24, 2.45) is 5.73 Å². The van der Waals surface area contributed by atoms with E-state index in [0.29, 0.717) is 6.42 Å². The number of allylic oxidation sites excluding steroid dienone is 12. The normalized spacial score (nSPS) is 13.6. The number of rotatable bonds is 53. The monoisotopic (exact) mass is 988 g/mol. The van der Waals surface area contributed by atoms with Crippen molar-refractivity contribution in [2.75, 3.05) is 26.4 Å². The molecule has 10 heteroatoms. The van der Waals surface area contributed by atoms with E-state index < -0.39 is 26.5 Å². The maximum atomic E-state index is 12.7. The summed E-state index contributed by atoms with van der Waals surface area (Å²) < 4.78 is 33.0. The number of hydrogen-bond donors (Lipinski definition) is 2. The number of carbonyl (C=O) groups excluding carboxylic acids is 2. The predicted molar refractivity (Wildman–Crippen MR) is 293 cm³/mol. The third-order valence-electron chi connectivity index (χ3n) is 12.1. The van der Waals surface area contributed by atoms with Gasteiger partial charge >= 0.3 is 19.8 Å². The number of phosphoric ester groups is 1. The second-order valence-electron chi connectivity index (χ2n) is 18.8. The van der Waals surface area contributed by atoms with E-state index in [9.17, 15) is 19.0 Å². The molecule has 0 aromatic carbocycles. The first-order valence-electron chi connectivity index (χ1n) is 28.4. The van der Waals surface area contributed by atoms with Gasteiger partial charge in [-0.1, -0.05) is 234 Å². The van der Waals surface area contributed by atoms with Crippen LogP contribution in [-0.4, -0.2) is 49.3 Å². The standard InChI is InChI=1S/C59H106NO8P/c1-3-5-7-9-11-13-15-17-19-21-23-25-26-27-28-29-30-32-34-36-38-40-42-44-46-48-50-52-59(62)68-57(56-67-69(63,64)66-54-53-60)55-65-58(61)51-49-47-45-43-41-39-37-35-33-31-24-22-20-18-16-14-12-10-8-6-4-2/h5,7,11,13,16-19,22-25,57H,3-4,6,8-10,12,14-15,20-21,26-56,60H2,1-2H3,(H,63,64)/b7-5-,13-11-,18-16-,19-17-,24-22-,25-23-. The Morgan fingerprint density at radius 2 is 0.797 bits per heavy atom. The topological polar surface area (TPSA) is 134 Å². The minimum Gasteiger partial charge on any atom is -0.462 e. The van der Waals surface area contributed by atoms with Crippen molar-refractivity contribution in [2.45, 2.75) is 264 Å². The van der Waals surface area contributed by atoms with E-state index in [1.54, 1.807) is 0 Å². The van der Waals surface area contributed by atoms with Crippen molar-refractivity contribution in [3.05, 3.63) is 72.9 Å². The van der Waals surface area contributed by atoms with Crippen molar-refractivity contribution in [1.29, 1.82) is 0 Å². The molecule has 0 bridgehead atoms. The summed E-state index contributed by atoms with van der Waals surface area (Å²) in [6, 6.07) is 0. The second kappa shape index (κ2) is 54.8. The van der Waals surface area contributed by atoms with Gasteiger partial charge in [-0.05, 0) is 83.5 Å². The van der Waals surface area contributed by atoms with Gasteiger partial charge in [0, 0.05) is 19.4 Å². The van der Waals surface area contributed by atoms with Gasteiger partial charge in [-0.25, -0.2) is 4.57 Å². The minimum absolute atomic E-state index is 0.0508. The number of ether oxygens (including phenoxy) is 2. The van der Waals surface area contributed by atoms with Gasteiger partial charge in [0.2, 0.25) is 0 Å². The summed E-state index contributed by atoms with van der Waals surface area (Å²) in [7, 11) is -4.39. The quantitative estimate of drug-likeness (QED) is 0.0264. The molecule has 0 amide bonds. The van der Waals surface area contributed by atoms with Crippen LogP contribution in [0.2, 0.25) is 0 Å². The predicted octanol–water partition coefficient (Wildman–Crippen LogP) is 17.7. The van der Waals surface area contributed by atoms with Crippen LogP contribution in [-0.2, 0) is 32.7 Å². The Kier molecular flexibility index (Phi) is 52.8. The van der Waals surface area contributed by atoms with E-state index in [1.807, 2.05) is 0 Å². The van der Waals surface area contributed by atoms with Crippen LogP contribution in [0, 0.1) is 0 Å². The summed E-state index contributed by atoms with van der Waals surface area (Å²) in [4.78, 5) is 35.2. The molecule has 0 aliphatic carbocycles. The number of phosphoric acid groups is 1. The number of esters is 2. The average Bonchev–Trinajstić information content (AvgIpc) is 3.34. The van der Waals surface area contributed by atoms with E-state index in [2.05, 4.69) is 86.8 Å². The Labute approximate surface area is 424 Å². The zero-order chi connectivity index (χ0) is 50.2. The summed E-state index contributed by atoms with van der Waals surface area (Å²) in [5, 5.41) is 0. The highest BCUT2D eigenvalue weighted by atomic mass is 31.2. The molecule has 9 nitrogen and oxygen atoms in total. The van der Waals surface area contributed by atoms with Crippen LogP contribution in [0.15, 0.2) is 72.9 Å². The zero-order valence-electron chi connectivity index (χ0n) is 44.5. The summed E-state index contributed by atoms with van der Waals surface area (Å²) in [6.07, 6.45) is 69.5. The van der Waals surface area contributed by atoms with E-state index in [0.717, 1.165) is 70.6 Å². The Morgan fingerprint density at radius 3 is 1.19 bits per heavy atom. The molecule has 0 spiro atoms. The maximum Gasteiger partial charge on any atom is 0.472 e. The Bertz CT molecular complexity index is 1360. The number of carbonyl (C=O) groups is 2. The van der Waals surface area contributed by atoms with Crippen molar-refractivity contribution in [3.8, 4) is 0 Å². The van der Waals surface area contributed by atoms with Gasteiger partial charge in [0.15, 0.2) is 6.10 Å². The molecule has 0 radical (unpaired) electrons. The fourth-order valence-corrected chi connectivity index (χ4v) is 8.66. The molecule has 0 saturated heterocycles. The maximum absolute atomic E-state index is 12.7. The highest BCUT2D eigenvalue weighted by Crippen LogP contribution is 2.43. The number of hydrogen-bond acceptors (Lipinski definition) is 8. The van der Waals surface area contributed by atoms with Gasteiger partial charge < -0.3 is 20.1 Å². The first-order chi connectivity index (χ1) is 33.8. The molecule has 0 rings (SSSR count). The van der Waals surface area contributed by atoms with Crippen molar-refractivity contribution in [1.82, 2.24) is 0 Å². The van der Waals surface area contributed by atoms with Gasteiger partial charge in [0.05, 0.1) is 13.2 Å². The third-order valence-corrected chi connectivity index (χ3v) is 13.1. The molecule has 0 saturated carbocycles. The van der Waals surface area contributed by atoms with Gasteiger partial charge in [0.25, 0.3) is 0 Å². The lowest BCUT2D eigenvalue weighted by atomic mass is 10.0. The molecule has 0 aromatic heterocycles. The Morgan fingerprint density at radius 1 is 0.449 bits per heavy atom. The Hall–Kier alpha value is -2.55. The lowest BCUT2D eigenvalue weighted by Crippen LogP contribution is -2.29. The van der Waals surface area contributed by atoms with Crippen LogP contribution in [0.4, 0.5) is 0 Å². The fourth-order valence-electron chi connectivity index (χ4n) is 7.89. The fraction of sp³-hybridized carbons (Fsp3) is 0.763. The van der Waals surface area contributed by atoms with Gasteiger partial charge in [-0.15, -0.1) is 0 Å². The molecule has 2 unspecified atom stereocenters. The first kappa shape index (κ1) is 66.5. The van der Waals surface area contributed by atoms with Crippen LogP contribution in [0.25, 0.3) is 0 Å². The highest BCUT2D eigenvalue weighted by molar-refractivity contribution is 7.47. The lowest BCUT2D eigenvalue weighted by Gasteiger charge is -2.19. The lowest BCUT2D eigenvalue weighted by molar-refractivity contribution is -0.161. The first-order valence-corrected chi connectivity index (χ1v) is 29.9. The van der Waals surface area contributed by atoms with Crippen LogP contribution >= 0.6 is 7.82 Å². The summed E-state index contributed by atoms with van der Waals surface area (Å²) in [5.41, 5.74) is 5.38. The number of unbranched alkanes of at least 4 members (excludes halogenated alkanes) is 28. The van der Waals surface area contributed by atoms with Gasteiger partial charge in [0.1, 0.15) is 6.61 Å². The van der Waals surface area contributed by atoms with E-state index in [-0.39, 0.29) is 38.6 Å². The summed E-state index contributed by atoms with van der Waals surface area (Å²) in [5.74, 6) is -0.828. The molecular weight excluding hydrogens is 882 g/mol. The minimum atomic E-state index is -4.39. The number of nitrogens with two attached hydrogens (primary N) is 1.